The van der Waals surface area contributed by atoms with Crippen molar-refractivity contribution >= 4 is 17.8 Å². The largest absolute Gasteiger partial charge is 0.373 e. The van der Waals surface area contributed by atoms with E-state index in [2.05, 4.69) is 42.0 Å². The highest BCUT2D eigenvalue weighted by atomic mass is 32.2. The van der Waals surface area contributed by atoms with E-state index in [4.69, 9.17) is 4.74 Å². The fourth-order valence-electron chi connectivity index (χ4n) is 3.24. The standard InChI is InChI=1S/C16H22N2O2S/c1-10-7-11(3-6-15(10)21-2)9-17-16(19)18-13-8-12-4-5-14(13)20-12/h3,6-7,12-14H,4-5,8-9H2,1-2H3,(H2,17,18,19). The molecule has 2 aliphatic rings. The maximum atomic E-state index is 12.0. The van der Waals surface area contributed by atoms with Crippen LogP contribution in [0.4, 0.5) is 4.79 Å². The maximum absolute atomic E-state index is 12.0. The Morgan fingerprint density at radius 2 is 2.29 bits per heavy atom. The summed E-state index contributed by atoms with van der Waals surface area (Å²) in [5.41, 5.74) is 2.38. The number of ether oxygens (including phenoxy) is 1. The van der Waals surface area contributed by atoms with Gasteiger partial charge in [-0.2, -0.15) is 0 Å². The third kappa shape index (κ3) is 3.35. The SMILES string of the molecule is CSc1ccc(CNC(=O)NC2CC3CCC2O3)cc1C. The van der Waals surface area contributed by atoms with E-state index >= 15 is 0 Å². The molecule has 1 aromatic carbocycles. The normalized spacial score (nSPS) is 26.9. The van der Waals surface area contributed by atoms with E-state index < -0.39 is 0 Å². The van der Waals surface area contributed by atoms with Crippen LogP contribution in [0, 0.1) is 6.92 Å². The minimum absolute atomic E-state index is 0.0947. The summed E-state index contributed by atoms with van der Waals surface area (Å²) in [4.78, 5) is 13.3. The van der Waals surface area contributed by atoms with E-state index in [0.717, 1.165) is 24.8 Å². The highest BCUT2D eigenvalue weighted by molar-refractivity contribution is 7.98. The molecule has 114 valence electrons. The Bertz CT molecular complexity index is 535. The Kier molecular flexibility index (Phi) is 4.40. The Hall–Kier alpha value is -1.20. The number of benzene rings is 1. The summed E-state index contributed by atoms with van der Waals surface area (Å²) in [5, 5.41) is 5.98. The highest BCUT2D eigenvalue weighted by Crippen LogP contribution is 2.34. The van der Waals surface area contributed by atoms with E-state index in [9.17, 15) is 4.79 Å². The van der Waals surface area contributed by atoms with Gasteiger partial charge in [0.2, 0.25) is 0 Å². The second kappa shape index (κ2) is 6.28. The molecule has 2 saturated heterocycles. The Balaban J connectivity index is 1.48. The molecule has 3 unspecified atom stereocenters. The summed E-state index contributed by atoms with van der Waals surface area (Å²) in [5.74, 6) is 0. The molecule has 3 rings (SSSR count). The van der Waals surface area contributed by atoms with E-state index in [0.29, 0.717) is 12.6 Å². The molecule has 0 spiro atoms. The first-order valence-corrected chi connectivity index (χ1v) is 8.71. The molecule has 5 heteroatoms. The summed E-state index contributed by atoms with van der Waals surface area (Å²) in [6.45, 7) is 2.66. The quantitative estimate of drug-likeness (QED) is 0.841. The molecule has 0 aliphatic carbocycles. The van der Waals surface area contributed by atoms with E-state index in [1.165, 1.54) is 10.5 Å². The van der Waals surface area contributed by atoms with Crippen LogP contribution in [-0.2, 0) is 11.3 Å². The smallest absolute Gasteiger partial charge is 0.315 e. The molecule has 0 radical (unpaired) electrons. The van der Waals surface area contributed by atoms with Crippen molar-refractivity contribution in [2.24, 2.45) is 0 Å². The van der Waals surface area contributed by atoms with Gasteiger partial charge in [-0.15, -0.1) is 11.8 Å². The zero-order chi connectivity index (χ0) is 14.8. The molecular formula is C16H22N2O2S. The van der Waals surface area contributed by atoms with Crippen molar-refractivity contribution in [1.29, 1.82) is 0 Å². The van der Waals surface area contributed by atoms with Crippen LogP contribution in [0.5, 0.6) is 0 Å². The number of nitrogens with one attached hydrogen (secondary N) is 2. The zero-order valence-electron chi connectivity index (χ0n) is 12.5. The first-order chi connectivity index (χ1) is 10.2. The van der Waals surface area contributed by atoms with Gasteiger partial charge in [0.1, 0.15) is 0 Å². The molecular weight excluding hydrogens is 284 g/mol. The lowest BCUT2D eigenvalue weighted by atomic mass is 9.96. The minimum atomic E-state index is -0.0947. The van der Waals surface area contributed by atoms with Crippen molar-refractivity contribution in [2.75, 3.05) is 6.26 Å². The molecule has 21 heavy (non-hydrogen) atoms. The van der Waals surface area contributed by atoms with E-state index in [1.54, 1.807) is 11.8 Å². The number of rotatable bonds is 4. The minimum Gasteiger partial charge on any atom is -0.373 e. The Morgan fingerprint density at radius 1 is 1.43 bits per heavy atom. The average molecular weight is 306 g/mol. The lowest BCUT2D eigenvalue weighted by molar-refractivity contribution is 0.0981. The molecule has 3 atom stereocenters. The third-order valence-electron chi connectivity index (χ3n) is 4.33. The molecule has 2 heterocycles. The predicted octanol–water partition coefficient (Wildman–Crippen LogP) is 2.84. The number of hydrogen-bond acceptors (Lipinski definition) is 3. The van der Waals surface area contributed by atoms with Gasteiger partial charge in [-0.25, -0.2) is 4.79 Å². The van der Waals surface area contributed by atoms with Gasteiger partial charge >= 0.3 is 6.03 Å². The average Bonchev–Trinajstić information content (AvgIpc) is 3.08. The predicted molar refractivity (Wildman–Crippen MR) is 84.6 cm³/mol. The molecule has 2 amide bonds. The second-order valence-corrected chi connectivity index (χ2v) is 6.70. The molecule has 1 aromatic rings. The van der Waals surface area contributed by atoms with Gasteiger partial charge in [0.25, 0.3) is 0 Å². The van der Waals surface area contributed by atoms with Crippen LogP contribution in [0.15, 0.2) is 23.1 Å². The van der Waals surface area contributed by atoms with Crippen molar-refractivity contribution in [3.63, 3.8) is 0 Å². The van der Waals surface area contributed by atoms with Gasteiger partial charge in [0, 0.05) is 11.4 Å². The molecule has 2 N–H and O–H groups in total. The van der Waals surface area contributed by atoms with Gasteiger partial charge in [0.05, 0.1) is 18.2 Å². The number of fused-ring (bicyclic) bond motifs is 2. The lowest BCUT2D eigenvalue weighted by Crippen LogP contribution is -2.46. The Labute approximate surface area is 130 Å². The number of carbonyl (C=O) groups is 1. The monoisotopic (exact) mass is 306 g/mol. The van der Waals surface area contributed by atoms with Crippen molar-refractivity contribution < 1.29 is 9.53 Å². The van der Waals surface area contributed by atoms with E-state index in [-0.39, 0.29) is 18.2 Å². The number of thioether (sulfide) groups is 1. The number of aryl methyl sites for hydroxylation is 1. The van der Waals surface area contributed by atoms with Crippen LogP contribution in [0.2, 0.25) is 0 Å². The van der Waals surface area contributed by atoms with Gasteiger partial charge in [-0.1, -0.05) is 12.1 Å². The molecule has 4 nitrogen and oxygen atoms in total. The summed E-state index contributed by atoms with van der Waals surface area (Å²) in [7, 11) is 0. The lowest BCUT2D eigenvalue weighted by Gasteiger charge is -2.20. The van der Waals surface area contributed by atoms with E-state index in [1.807, 2.05) is 0 Å². The van der Waals surface area contributed by atoms with Crippen LogP contribution in [-0.4, -0.2) is 30.5 Å². The van der Waals surface area contributed by atoms with Gasteiger partial charge in [0.15, 0.2) is 0 Å². The molecule has 0 saturated carbocycles. The van der Waals surface area contributed by atoms with Crippen molar-refractivity contribution in [2.45, 2.75) is 55.9 Å². The number of urea groups is 1. The molecule has 2 aliphatic heterocycles. The van der Waals surface area contributed by atoms with Crippen molar-refractivity contribution in [1.82, 2.24) is 10.6 Å². The van der Waals surface area contributed by atoms with Gasteiger partial charge < -0.3 is 15.4 Å². The van der Waals surface area contributed by atoms with Crippen LogP contribution >= 0.6 is 11.8 Å². The highest BCUT2D eigenvalue weighted by Gasteiger charge is 2.41. The zero-order valence-corrected chi connectivity index (χ0v) is 13.3. The molecule has 2 fully saturated rings. The molecule has 2 bridgehead atoms. The fraction of sp³-hybridized carbons (Fsp3) is 0.562. The fourth-order valence-corrected chi connectivity index (χ4v) is 3.83. The van der Waals surface area contributed by atoms with Crippen molar-refractivity contribution in [3.05, 3.63) is 29.3 Å². The van der Waals surface area contributed by atoms with Crippen LogP contribution in [0.25, 0.3) is 0 Å². The van der Waals surface area contributed by atoms with Crippen LogP contribution < -0.4 is 10.6 Å². The summed E-state index contributed by atoms with van der Waals surface area (Å²) in [6, 6.07) is 6.40. The van der Waals surface area contributed by atoms with Gasteiger partial charge in [-0.05, 0) is 49.6 Å². The third-order valence-corrected chi connectivity index (χ3v) is 5.23. The summed E-state index contributed by atoms with van der Waals surface area (Å²) in [6.07, 6.45) is 5.84. The summed E-state index contributed by atoms with van der Waals surface area (Å²) < 4.78 is 5.74. The first kappa shape index (κ1) is 14.7. The summed E-state index contributed by atoms with van der Waals surface area (Å²) >= 11 is 1.74. The van der Waals surface area contributed by atoms with Crippen LogP contribution in [0.1, 0.15) is 30.4 Å². The van der Waals surface area contributed by atoms with Crippen molar-refractivity contribution in [3.8, 4) is 0 Å². The second-order valence-electron chi connectivity index (χ2n) is 5.85. The number of amides is 2. The van der Waals surface area contributed by atoms with Gasteiger partial charge in [-0.3, -0.25) is 0 Å². The van der Waals surface area contributed by atoms with Crippen LogP contribution in [0.3, 0.4) is 0 Å². The maximum Gasteiger partial charge on any atom is 0.315 e. The number of hydrogen-bond donors (Lipinski definition) is 2. The first-order valence-electron chi connectivity index (χ1n) is 7.49. The molecule has 0 aromatic heterocycles. The Morgan fingerprint density at radius 3 is 2.90 bits per heavy atom. The topological polar surface area (TPSA) is 50.4 Å². The number of carbonyl (C=O) groups excluding carboxylic acids is 1.